The van der Waals surface area contributed by atoms with Crippen molar-refractivity contribution in [1.82, 2.24) is 5.32 Å². The largest absolute Gasteiger partial charge is 0.444 e. The van der Waals surface area contributed by atoms with Gasteiger partial charge in [-0.1, -0.05) is 0 Å². The number of nitrogens with one attached hydrogen (secondary N) is 2. The smallest absolute Gasteiger partial charge is 0.414 e. The number of carbonyl (C=O) groups excluding carboxylic acids is 3. The number of cyclic esters (lactones) is 1. The van der Waals surface area contributed by atoms with E-state index in [-0.39, 0.29) is 36.1 Å². The maximum absolute atomic E-state index is 14.4. The summed E-state index contributed by atoms with van der Waals surface area (Å²) in [6.07, 6.45) is -1.16. The monoisotopic (exact) mass is 439 g/mol. The van der Waals surface area contributed by atoms with E-state index in [9.17, 15) is 18.8 Å². The lowest BCUT2D eigenvalue weighted by Gasteiger charge is -2.14. The second-order valence-corrected chi connectivity index (χ2v) is 6.56. The molecular formula is C17H15BrFN3O5. The average Bonchev–Trinajstić information content (AvgIpc) is 3.20. The molecule has 0 spiro atoms. The lowest BCUT2D eigenvalue weighted by atomic mass is 10.2. The molecule has 2 N–H and O–H groups in total. The summed E-state index contributed by atoms with van der Waals surface area (Å²) in [7, 11) is 0. The Morgan fingerprint density at radius 3 is 2.74 bits per heavy atom. The van der Waals surface area contributed by atoms with Crippen LogP contribution in [-0.2, 0) is 9.53 Å². The summed E-state index contributed by atoms with van der Waals surface area (Å²) < 4.78 is 25.0. The molecule has 142 valence electrons. The molecule has 8 nitrogen and oxygen atoms in total. The highest BCUT2D eigenvalue weighted by molar-refractivity contribution is 9.10. The zero-order valence-corrected chi connectivity index (χ0v) is 15.7. The van der Waals surface area contributed by atoms with Gasteiger partial charge in [0, 0.05) is 6.92 Å². The van der Waals surface area contributed by atoms with Gasteiger partial charge in [-0.05, 0) is 46.3 Å². The minimum Gasteiger partial charge on any atom is -0.444 e. The van der Waals surface area contributed by atoms with Crippen molar-refractivity contribution < 1.29 is 27.9 Å². The SMILES string of the molecule is CC(=O)NC[C@H]1CN(c2ccc(NC(=O)c3ccc(Br)o3)c(F)c2)C(=O)O1. The Labute approximate surface area is 161 Å². The van der Waals surface area contributed by atoms with Gasteiger partial charge < -0.3 is 19.8 Å². The topological polar surface area (TPSA) is 101 Å². The molecule has 2 heterocycles. The standard InChI is InChI=1S/C17H15BrFN3O5/c1-9(23)20-7-11-8-22(17(25)26-11)10-2-3-13(12(19)6-10)21-16(24)14-4-5-15(18)27-14/h2-6,11H,7-8H2,1H3,(H,20,23)(H,21,24)/t11-/m0/s1. The third-order valence-electron chi connectivity index (χ3n) is 3.76. The van der Waals surface area contributed by atoms with E-state index in [0.717, 1.165) is 6.07 Å². The molecule has 1 aliphatic heterocycles. The first kappa shape index (κ1) is 18.9. The predicted octanol–water partition coefficient (Wildman–Crippen LogP) is 2.89. The lowest BCUT2D eigenvalue weighted by Crippen LogP contribution is -2.33. The van der Waals surface area contributed by atoms with E-state index in [0.29, 0.717) is 4.67 Å². The van der Waals surface area contributed by atoms with Crippen molar-refractivity contribution in [3.05, 3.63) is 46.6 Å². The second-order valence-electron chi connectivity index (χ2n) is 5.78. The van der Waals surface area contributed by atoms with Crippen molar-refractivity contribution in [2.45, 2.75) is 13.0 Å². The molecule has 1 aromatic carbocycles. The van der Waals surface area contributed by atoms with Crippen LogP contribution in [0.15, 0.2) is 39.4 Å². The number of anilines is 2. The van der Waals surface area contributed by atoms with Crippen LogP contribution in [0.2, 0.25) is 0 Å². The molecule has 1 atom stereocenters. The summed E-state index contributed by atoms with van der Waals surface area (Å²) >= 11 is 3.08. The number of carbonyl (C=O) groups is 3. The molecule has 2 aromatic rings. The van der Waals surface area contributed by atoms with E-state index in [1.807, 2.05) is 0 Å². The molecule has 3 amide bonds. The Kier molecular flexibility index (Phi) is 5.45. The van der Waals surface area contributed by atoms with Gasteiger partial charge in [0.2, 0.25) is 5.91 Å². The Bertz CT molecular complexity index is 900. The van der Waals surface area contributed by atoms with E-state index in [4.69, 9.17) is 9.15 Å². The molecule has 10 heteroatoms. The molecule has 0 radical (unpaired) electrons. The Balaban J connectivity index is 1.68. The van der Waals surface area contributed by atoms with Gasteiger partial charge in [0.25, 0.3) is 5.91 Å². The number of rotatable bonds is 5. The predicted molar refractivity (Wildman–Crippen MR) is 97.1 cm³/mol. The van der Waals surface area contributed by atoms with E-state index >= 15 is 0 Å². The maximum Gasteiger partial charge on any atom is 0.414 e. The molecule has 0 bridgehead atoms. The Hall–Kier alpha value is -2.88. The van der Waals surface area contributed by atoms with Crippen molar-refractivity contribution in [1.29, 1.82) is 0 Å². The van der Waals surface area contributed by atoms with Crippen LogP contribution in [0.3, 0.4) is 0 Å². The number of furan rings is 1. The van der Waals surface area contributed by atoms with Crippen LogP contribution >= 0.6 is 15.9 Å². The van der Waals surface area contributed by atoms with Crippen molar-refractivity contribution in [2.24, 2.45) is 0 Å². The molecule has 1 saturated heterocycles. The van der Waals surface area contributed by atoms with Gasteiger partial charge in [-0.25, -0.2) is 9.18 Å². The minimum absolute atomic E-state index is 0.0225. The normalized spacial score (nSPS) is 16.2. The van der Waals surface area contributed by atoms with Gasteiger partial charge in [-0.15, -0.1) is 0 Å². The van der Waals surface area contributed by atoms with Gasteiger partial charge in [-0.2, -0.15) is 0 Å². The number of ether oxygens (including phenoxy) is 1. The van der Waals surface area contributed by atoms with Crippen LogP contribution in [0.1, 0.15) is 17.5 Å². The third kappa shape index (κ3) is 4.45. The van der Waals surface area contributed by atoms with Gasteiger partial charge >= 0.3 is 6.09 Å². The fourth-order valence-electron chi connectivity index (χ4n) is 2.49. The number of hydrogen-bond donors (Lipinski definition) is 2. The summed E-state index contributed by atoms with van der Waals surface area (Å²) in [6.45, 7) is 1.70. The molecule has 27 heavy (non-hydrogen) atoms. The fourth-order valence-corrected chi connectivity index (χ4v) is 2.80. The summed E-state index contributed by atoms with van der Waals surface area (Å²) in [4.78, 5) is 36.2. The number of amides is 3. The van der Waals surface area contributed by atoms with Gasteiger partial charge in [-0.3, -0.25) is 14.5 Å². The highest BCUT2D eigenvalue weighted by atomic mass is 79.9. The van der Waals surface area contributed by atoms with Crippen LogP contribution < -0.4 is 15.5 Å². The summed E-state index contributed by atoms with van der Waals surface area (Å²) in [5, 5.41) is 4.96. The van der Waals surface area contributed by atoms with Crippen molar-refractivity contribution in [3.8, 4) is 0 Å². The van der Waals surface area contributed by atoms with Gasteiger partial charge in [0.15, 0.2) is 10.4 Å². The lowest BCUT2D eigenvalue weighted by molar-refractivity contribution is -0.119. The van der Waals surface area contributed by atoms with Gasteiger partial charge in [0.05, 0.1) is 24.5 Å². The zero-order valence-electron chi connectivity index (χ0n) is 14.1. The van der Waals surface area contributed by atoms with Crippen LogP contribution in [-0.4, -0.2) is 37.1 Å². The molecule has 1 aromatic heterocycles. The third-order valence-corrected chi connectivity index (χ3v) is 4.19. The molecule has 0 aliphatic carbocycles. The summed E-state index contributed by atoms with van der Waals surface area (Å²) in [5.74, 6) is -1.54. The Morgan fingerprint density at radius 2 is 2.11 bits per heavy atom. The molecule has 0 saturated carbocycles. The van der Waals surface area contributed by atoms with Gasteiger partial charge in [0.1, 0.15) is 11.9 Å². The van der Waals surface area contributed by atoms with E-state index in [1.54, 1.807) is 6.07 Å². The minimum atomic E-state index is -0.718. The zero-order chi connectivity index (χ0) is 19.6. The molecule has 1 fully saturated rings. The Morgan fingerprint density at radius 1 is 1.33 bits per heavy atom. The quantitative estimate of drug-likeness (QED) is 0.745. The van der Waals surface area contributed by atoms with E-state index < -0.39 is 23.9 Å². The average molecular weight is 440 g/mol. The van der Waals surface area contributed by atoms with Crippen molar-refractivity contribution >= 4 is 45.2 Å². The summed E-state index contributed by atoms with van der Waals surface area (Å²) in [6, 6.07) is 6.94. The van der Waals surface area contributed by atoms with Crippen LogP contribution in [0.5, 0.6) is 0 Å². The fraction of sp³-hybridized carbons (Fsp3) is 0.235. The van der Waals surface area contributed by atoms with Crippen LogP contribution in [0.4, 0.5) is 20.6 Å². The first-order valence-electron chi connectivity index (χ1n) is 7.92. The molecule has 1 aliphatic rings. The highest BCUT2D eigenvalue weighted by Gasteiger charge is 2.32. The first-order valence-corrected chi connectivity index (χ1v) is 8.71. The van der Waals surface area contributed by atoms with Crippen LogP contribution in [0, 0.1) is 5.82 Å². The molecule has 3 rings (SSSR count). The van der Waals surface area contributed by atoms with Crippen molar-refractivity contribution in [3.63, 3.8) is 0 Å². The molecular weight excluding hydrogens is 425 g/mol. The van der Waals surface area contributed by atoms with Crippen LogP contribution in [0.25, 0.3) is 0 Å². The van der Waals surface area contributed by atoms with Crippen molar-refractivity contribution in [2.75, 3.05) is 23.3 Å². The molecule has 0 unspecified atom stereocenters. The first-order chi connectivity index (χ1) is 12.8. The second kappa shape index (κ2) is 7.78. The van der Waals surface area contributed by atoms with E-state index in [2.05, 4.69) is 26.6 Å². The summed E-state index contributed by atoms with van der Waals surface area (Å²) in [5.41, 5.74) is 0.222. The maximum atomic E-state index is 14.4. The number of benzene rings is 1. The highest BCUT2D eigenvalue weighted by Crippen LogP contribution is 2.26. The number of nitrogens with zero attached hydrogens (tertiary/aromatic N) is 1. The number of hydrogen-bond acceptors (Lipinski definition) is 5. The number of halogens is 2. The van der Waals surface area contributed by atoms with E-state index in [1.165, 1.54) is 30.0 Å².